The van der Waals surface area contributed by atoms with E-state index in [0.29, 0.717) is 6.67 Å². The van der Waals surface area contributed by atoms with Gasteiger partial charge in [0.2, 0.25) is 5.66 Å². The summed E-state index contributed by atoms with van der Waals surface area (Å²) in [6.07, 6.45) is 0. The van der Waals surface area contributed by atoms with Gasteiger partial charge in [-0.3, -0.25) is 10.1 Å². The molecular weight excluding hydrogens is 604 g/mol. The Bertz CT molecular complexity index is 1960. The fraction of sp³-hybridized carbons (Fsp3) is 0.0588. The van der Waals surface area contributed by atoms with E-state index < -0.39 is 5.66 Å². The van der Waals surface area contributed by atoms with Gasteiger partial charge in [0.1, 0.15) is 12.4 Å². The van der Waals surface area contributed by atoms with Crippen LogP contribution in [0.25, 0.3) is 11.1 Å². The van der Waals surface area contributed by atoms with E-state index >= 15 is 0 Å². The van der Waals surface area contributed by atoms with Gasteiger partial charge in [0.05, 0.1) is 16.3 Å². The lowest BCUT2D eigenvalue weighted by atomic mass is 9.75. The molecule has 0 saturated heterocycles. The molecule has 2 heterocycles. The summed E-state index contributed by atoms with van der Waals surface area (Å²) in [7, 11) is 0. The predicted molar refractivity (Wildman–Crippen MR) is 172 cm³/mol. The van der Waals surface area contributed by atoms with E-state index in [9.17, 15) is 10.1 Å². The summed E-state index contributed by atoms with van der Waals surface area (Å²) in [5.41, 5.74) is 6.75. The van der Waals surface area contributed by atoms with Gasteiger partial charge >= 0.3 is 0 Å². The highest BCUT2D eigenvalue weighted by molar-refractivity contribution is 9.10. The lowest BCUT2D eigenvalue weighted by Gasteiger charge is -2.52. The van der Waals surface area contributed by atoms with Crippen LogP contribution in [-0.4, -0.2) is 28.0 Å². The molecule has 8 nitrogen and oxygen atoms in total. The number of fused-ring (bicyclic) bond motifs is 4. The second-order valence-corrected chi connectivity index (χ2v) is 11.4. The Morgan fingerprint density at radius 3 is 2.05 bits per heavy atom. The Balaban J connectivity index is 1.45. The van der Waals surface area contributed by atoms with Gasteiger partial charge in [0.25, 0.3) is 5.69 Å². The van der Waals surface area contributed by atoms with Crippen molar-refractivity contribution in [1.29, 1.82) is 0 Å². The van der Waals surface area contributed by atoms with Crippen LogP contribution in [0, 0.1) is 10.1 Å². The smallest absolute Gasteiger partial charge is 0.269 e. The van der Waals surface area contributed by atoms with Crippen LogP contribution >= 0.6 is 15.9 Å². The van der Waals surface area contributed by atoms with Crippen molar-refractivity contribution in [2.24, 2.45) is 10.2 Å². The van der Waals surface area contributed by atoms with Crippen molar-refractivity contribution < 1.29 is 4.92 Å². The number of nitro groups is 1. The van der Waals surface area contributed by atoms with Gasteiger partial charge in [-0.2, -0.15) is 10.2 Å². The third kappa shape index (κ3) is 3.74. The zero-order valence-corrected chi connectivity index (χ0v) is 24.3. The highest BCUT2D eigenvalue weighted by Gasteiger charge is 2.60. The maximum Gasteiger partial charge on any atom is 0.269 e. The van der Waals surface area contributed by atoms with Crippen molar-refractivity contribution >= 4 is 44.5 Å². The molecule has 2 aliphatic heterocycles. The average molecular weight is 628 g/mol. The second kappa shape index (κ2) is 9.64. The lowest BCUT2D eigenvalue weighted by Crippen LogP contribution is -2.65. The van der Waals surface area contributed by atoms with E-state index in [-0.39, 0.29) is 10.6 Å². The van der Waals surface area contributed by atoms with Crippen LogP contribution in [0.5, 0.6) is 0 Å². The summed E-state index contributed by atoms with van der Waals surface area (Å²) >= 11 is 3.56. The number of halogens is 1. The van der Waals surface area contributed by atoms with Crippen LogP contribution in [0.1, 0.15) is 16.7 Å². The molecule has 1 atom stereocenters. The van der Waals surface area contributed by atoms with E-state index in [2.05, 4.69) is 69.4 Å². The van der Waals surface area contributed by atoms with E-state index in [4.69, 9.17) is 10.2 Å². The van der Waals surface area contributed by atoms with Crippen LogP contribution in [0.15, 0.2) is 142 Å². The minimum Gasteiger partial charge on any atom is -0.301 e. The molecule has 1 spiro atoms. The van der Waals surface area contributed by atoms with Crippen molar-refractivity contribution in [3.63, 3.8) is 0 Å². The number of nitro benzene ring substituents is 1. The topological polar surface area (TPSA) is 77.6 Å². The van der Waals surface area contributed by atoms with E-state index in [1.807, 2.05) is 64.6 Å². The number of nitrogens with zero attached hydrogens (tertiary/aromatic N) is 6. The first kappa shape index (κ1) is 25.4. The van der Waals surface area contributed by atoms with Crippen molar-refractivity contribution in [3.05, 3.63) is 159 Å². The molecule has 5 aromatic rings. The number of non-ortho nitro benzene ring substituents is 1. The maximum absolute atomic E-state index is 11.5. The number of hydrazone groups is 2. The Morgan fingerprint density at radius 2 is 1.33 bits per heavy atom. The lowest BCUT2D eigenvalue weighted by molar-refractivity contribution is -0.384. The SMILES string of the molecule is O=[N+]([O-])c1ccc(N2N=C(c3ccccc3)N3CN(c4ccc(Br)cc4)N=C4c5ccccc5-c5ccccc5C432)cc1. The molecular formula is C34H23BrN6O2. The van der Waals surface area contributed by atoms with Crippen molar-refractivity contribution in [2.45, 2.75) is 5.66 Å². The van der Waals surface area contributed by atoms with Gasteiger partial charge in [0.15, 0.2) is 5.84 Å². The standard InChI is InChI=1S/C34H23BrN6O2/c35-24-14-16-25(17-15-24)39-22-38-33(23-8-2-1-3-9-23)37-40(26-18-20-27(21-19-26)41(42)43)34(38)31-13-7-6-11-29(31)28-10-4-5-12-30(28)32(34)36-39/h1-21H,22H2. The van der Waals surface area contributed by atoms with E-state index in [1.165, 1.54) is 12.1 Å². The van der Waals surface area contributed by atoms with Crippen molar-refractivity contribution in [1.82, 2.24) is 4.90 Å². The minimum absolute atomic E-state index is 0.0258. The van der Waals surface area contributed by atoms with Gasteiger partial charge < -0.3 is 4.90 Å². The fourth-order valence-electron chi connectivity index (χ4n) is 6.33. The summed E-state index contributed by atoms with van der Waals surface area (Å²) in [4.78, 5) is 13.5. The first-order valence-corrected chi connectivity index (χ1v) is 14.6. The summed E-state index contributed by atoms with van der Waals surface area (Å²) < 4.78 is 0.990. The quantitative estimate of drug-likeness (QED) is 0.152. The average Bonchev–Trinajstić information content (AvgIpc) is 3.40. The molecule has 0 fully saturated rings. The molecule has 0 amide bonds. The summed E-state index contributed by atoms with van der Waals surface area (Å²) in [6.45, 7) is 0.416. The van der Waals surface area contributed by atoms with Gasteiger partial charge in [-0.15, -0.1) is 0 Å². The Morgan fingerprint density at radius 1 is 0.698 bits per heavy atom. The number of hydrogen-bond acceptors (Lipinski definition) is 7. The largest absolute Gasteiger partial charge is 0.301 e. The molecule has 208 valence electrons. The Hall–Kier alpha value is -5.28. The van der Waals surface area contributed by atoms with Crippen LogP contribution in [0.4, 0.5) is 17.1 Å². The first-order chi connectivity index (χ1) is 21.1. The van der Waals surface area contributed by atoms with Gasteiger partial charge in [-0.05, 0) is 47.5 Å². The summed E-state index contributed by atoms with van der Waals surface area (Å²) in [6, 6.07) is 41.6. The van der Waals surface area contributed by atoms with Crippen molar-refractivity contribution in [3.8, 4) is 11.1 Å². The number of anilines is 2. The van der Waals surface area contributed by atoms with Crippen molar-refractivity contribution in [2.75, 3.05) is 16.7 Å². The summed E-state index contributed by atoms with van der Waals surface area (Å²) in [5.74, 6) is 0.780. The van der Waals surface area contributed by atoms with E-state index in [0.717, 1.165) is 55.2 Å². The van der Waals surface area contributed by atoms with Gasteiger partial charge in [0, 0.05) is 33.3 Å². The number of amidine groups is 1. The number of benzene rings is 5. The molecule has 0 bridgehead atoms. The van der Waals surface area contributed by atoms with Gasteiger partial charge in [-0.1, -0.05) is 94.8 Å². The number of rotatable bonds is 4. The van der Waals surface area contributed by atoms with Crippen LogP contribution in [0.2, 0.25) is 0 Å². The maximum atomic E-state index is 11.5. The third-order valence-electron chi connectivity index (χ3n) is 8.21. The monoisotopic (exact) mass is 626 g/mol. The fourth-order valence-corrected chi connectivity index (χ4v) is 6.60. The Labute approximate surface area is 256 Å². The van der Waals surface area contributed by atoms with Crippen LogP contribution in [0.3, 0.4) is 0 Å². The molecule has 1 aliphatic carbocycles. The molecule has 0 aromatic heterocycles. The molecule has 0 N–H and O–H groups in total. The molecule has 0 radical (unpaired) electrons. The van der Waals surface area contributed by atoms with Gasteiger partial charge in [-0.25, -0.2) is 10.0 Å². The zero-order chi connectivity index (χ0) is 29.1. The molecule has 5 aromatic carbocycles. The van der Waals surface area contributed by atoms with Crippen LogP contribution < -0.4 is 10.0 Å². The normalized spacial score (nSPS) is 18.2. The molecule has 0 saturated carbocycles. The predicted octanol–water partition coefficient (Wildman–Crippen LogP) is 7.56. The highest BCUT2D eigenvalue weighted by atomic mass is 79.9. The molecule has 43 heavy (non-hydrogen) atoms. The number of hydrogen-bond donors (Lipinski definition) is 0. The molecule has 8 rings (SSSR count). The molecule has 1 unspecified atom stereocenters. The summed E-state index contributed by atoms with van der Waals surface area (Å²) in [5, 5.41) is 26.3. The minimum atomic E-state index is -0.960. The van der Waals surface area contributed by atoms with Crippen LogP contribution in [-0.2, 0) is 5.66 Å². The molecule has 9 heteroatoms. The molecule has 3 aliphatic rings. The third-order valence-corrected chi connectivity index (χ3v) is 8.74. The Kier molecular flexibility index (Phi) is 5.70. The first-order valence-electron chi connectivity index (χ1n) is 13.8. The zero-order valence-electron chi connectivity index (χ0n) is 22.7. The highest BCUT2D eigenvalue weighted by Crippen LogP contribution is 2.53. The second-order valence-electron chi connectivity index (χ2n) is 10.5. The van der Waals surface area contributed by atoms with E-state index in [1.54, 1.807) is 12.1 Å².